The van der Waals surface area contributed by atoms with Gasteiger partial charge >= 0.3 is 0 Å². The Morgan fingerprint density at radius 2 is 2.50 bits per heavy atom. The van der Waals surface area contributed by atoms with Gasteiger partial charge in [-0.3, -0.25) is 4.99 Å². The first-order valence-electron chi connectivity index (χ1n) is 3.95. The zero-order chi connectivity index (χ0) is 7.23. The van der Waals surface area contributed by atoms with Gasteiger partial charge in [-0.2, -0.15) is 0 Å². The molecule has 0 radical (unpaired) electrons. The van der Waals surface area contributed by atoms with E-state index in [2.05, 4.69) is 22.5 Å². The van der Waals surface area contributed by atoms with Crippen LogP contribution in [-0.2, 0) is 0 Å². The van der Waals surface area contributed by atoms with Gasteiger partial charge < -0.3 is 10.6 Å². The third-order valence-corrected chi connectivity index (χ3v) is 1.49. The molecule has 0 atom stereocenters. The van der Waals surface area contributed by atoms with E-state index in [1.807, 2.05) is 0 Å². The summed E-state index contributed by atoms with van der Waals surface area (Å²) in [6.45, 7) is 5.06. The molecule has 1 heterocycles. The number of guanidine groups is 1. The van der Waals surface area contributed by atoms with Crippen molar-refractivity contribution >= 4 is 5.96 Å². The Hall–Kier alpha value is -0.730. The molecule has 0 bridgehead atoms. The van der Waals surface area contributed by atoms with Crippen molar-refractivity contribution in [3.63, 3.8) is 0 Å². The van der Waals surface area contributed by atoms with E-state index < -0.39 is 0 Å². The van der Waals surface area contributed by atoms with Gasteiger partial charge in [0.1, 0.15) is 0 Å². The van der Waals surface area contributed by atoms with Crippen LogP contribution in [0.2, 0.25) is 0 Å². The van der Waals surface area contributed by atoms with E-state index in [0.717, 1.165) is 25.6 Å². The lowest BCUT2D eigenvalue weighted by atomic mass is 10.3. The standard InChI is InChI=1S/C7H15N3/c1-2-8-7-9-5-3-4-6-10-7/h2-6H2,1H3,(H2,8,9,10). The van der Waals surface area contributed by atoms with Gasteiger partial charge in [0.15, 0.2) is 5.96 Å². The van der Waals surface area contributed by atoms with Crippen LogP contribution in [0.25, 0.3) is 0 Å². The monoisotopic (exact) mass is 141 g/mol. The third-order valence-electron chi connectivity index (χ3n) is 1.49. The lowest BCUT2D eigenvalue weighted by Gasteiger charge is -2.06. The predicted molar refractivity (Wildman–Crippen MR) is 43.2 cm³/mol. The van der Waals surface area contributed by atoms with Gasteiger partial charge in [0.2, 0.25) is 0 Å². The van der Waals surface area contributed by atoms with Gasteiger partial charge in [-0.1, -0.05) is 0 Å². The average Bonchev–Trinajstić information content (AvgIpc) is 2.17. The van der Waals surface area contributed by atoms with Crippen molar-refractivity contribution < 1.29 is 0 Å². The maximum absolute atomic E-state index is 4.31. The second-order valence-corrected chi connectivity index (χ2v) is 2.39. The highest BCUT2D eigenvalue weighted by Crippen LogP contribution is 1.91. The molecular formula is C7H15N3. The summed E-state index contributed by atoms with van der Waals surface area (Å²) in [6.07, 6.45) is 2.44. The molecule has 0 aromatic rings. The molecule has 0 aliphatic carbocycles. The fourth-order valence-electron chi connectivity index (χ4n) is 0.976. The average molecular weight is 141 g/mol. The zero-order valence-electron chi connectivity index (χ0n) is 6.48. The molecule has 1 rings (SSSR count). The summed E-state index contributed by atoms with van der Waals surface area (Å²) in [5.41, 5.74) is 0. The lowest BCUT2D eigenvalue weighted by Crippen LogP contribution is -2.36. The number of hydrogen-bond donors (Lipinski definition) is 2. The van der Waals surface area contributed by atoms with Crippen molar-refractivity contribution in [3.8, 4) is 0 Å². The van der Waals surface area contributed by atoms with Gasteiger partial charge in [-0.25, -0.2) is 0 Å². The SMILES string of the molecule is CCNC1=NCCCCN1. The Morgan fingerprint density at radius 1 is 1.60 bits per heavy atom. The molecule has 2 N–H and O–H groups in total. The Labute approximate surface area is 61.9 Å². The molecule has 58 valence electrons. The van der Waals surface area contributed by atoms with Crippen molar-refractivity contribution in [1.29, 1.82) is 0 Å². The molecule has 0 aromatic carbocycles. The van der Waals surface area contributed by atoms with Crippen molar-refractivity contribution in [2.75, 3.05) is 19.6 Å². The molecule has 0 fully saturated rings. The summed E-state index contributed by atoms with van der Waals surface area (Å²) < 4.78 is 0. The molecule has 0 unspecified atom stereocenters. The Morgan fingerprint density at radius 3 is 3.30 bits per heavy atom. The smallest absolute Gasteiger partial charge is 0.191 e. The van der Waals surface area contributed by atoms with Crippen LogP contribution >= 0.6 is 0 Å². The molecule has 0 spiro atoms. The highest BCUT2D eigenvalue weighted by Gasteiger charge is 1.99. The summed E-state index contributed by atoms with van der Waals surface area (Å²) in [6, 6.07) is 0. The van der Waals surface area contributed by atoms with Crippen molar-refractivity contribution in [3.05, 3.63) is 0 Å². The second kappa shape index (κ2) is 4.14. The van der Waals surface area contributed by atoms with Crippen LogP contribution in [0.1, 0.15) is 19.8 Å². The van der Waals surface area contributed by atoms with Crippen LogP contribution in [0, 0.1) is 0 Å². The first kappa shape index (κ1) is 7.38. The van der Waals surface area contributed by atoms with Gasteiger partial charge in [-0.05, 0) is 19.8 Å². The largest absolute Gasteiger partial charge is 0.357 e. The van der Waals surface area contributed by atoms with Crippen molar-refractivity contribution in [2.24, 2.45) is 4.99 Å². The summed E-state index contributed by atoms with van der Waals surface area (Å²) in [5, 5.41) is 6.38. The molecule has 3 heteroatoms. The predicted octanol–water partition coefficient (Wildman–Crippen LogP) is 0.335. The van der Waals surface area contributed by atoms with E-state index in [4.69, 9.17) is 0 Å². The van der Waals surface area contributed by atoms with Crippen LogP contribution in [-0.4, -0.2) is 25.6 Å². The van der Waals surface area contributed by atoms with E-state index >= 15 is 0 Å². The Balaban J connectivity index is 2.31. The minimum absolute atomic E-state index is 0.950. The second-order valence-electron chi connectivity index (χ2n) is 2.39. The molecular weight excluding hydrogens is 126 g/mol. The van der Waals surface area contributed by atoms with Crippen molar-refractivity contribution in [2.45, 2.75) is 19.8 Å². The maximum atomic E-state index is 4.31. The normalized spacial score (nSPS) is 18.7. The highest BCUT2D eigenvalue weighted by molar-refractivity contribution is 5.79. The topological polar surface area (TPSA) is 36.4 Å². The summed E-state index contributed by atoms with van der Waals surface area (Å²) in [7, 11) is 0. The highest BCUT2D eigenvalue weighted by atomic mass is 15.2. The molecule has 0 aromatic heterocycles. The fraction of sp³-hybridized carbons (Fsp3) is 0.857. The first-order valence-corrected chi connectivity index (χ1v) is 3.95. The van der Waals surface area contributed by atoms with Gasteiger partial charge in [0.05, 0.1) is 0 Å². The van der Waals surface area contributed by atoms with Crippen LogP contribution in [0.5, 0.6) is 0 Å². The summed E-state index contributed by atoms with van der Waals surface area (Å²) in [4.78, 5) is 4.31. The van der Waals surface area contributed by atoms with Crippen LogP contribution < -0.4 is 10.6 Å². The summed E-state index contributed by atoms with van der Waals surface area (Å²) >= 11 is 0. The molecule has 0 amide bonds. The van der Waals surface area contributed by atoms with Crippen molar-refractivity contribution in [1.82, 2.24) is 10.6 Å². The zero-order valence-corrected chi connectivity index (χ0v) is 6.48. The maximum Gasteiger partial charge on any atom is 0.191 e. The molecule has 10 heavy (non-hydrogen) atoms. The van der Waals surface area contributed by atoms with E-state index in [-0.39, 0.29) is 0 Å². The number of hydrogen-bond acceptors (Lipinski definition) is 3. The molecule has 1 aliphatic rings. The van der Waals surface area contributed by atoms with E-state index in [0.29, 0.717) is 0 Å². The Kier molecular flexibility index (Phi) is 3.06. The minimum Gasteiger partial charge on any atom is -0.357 e. The number of aliphatic imine (C=N–C) groups is 1. The first-order chi connectivity index (χ1) is 4.93. The number of nitrogens with one attached hydrogen (secondary N) is 2. The van der Waals surface area contributed by atoms with E-state index in [1.165, 1.54) is 12.8 Å². The molecule has 1 aliphatic heterocycles. The van der Waals surface area contributed by atoms with Gasteiger partial charge in [0.25, 0.3) is 0 Å². The van der Waals surface area contributed by atoms with Crippen LogP contribution in [0.15, 0.2) is 4.99 Å². The lowest BCUT2D eigenvalue weighted by molar-refractivity contribution is 0.744. The van der Waals surface area contributed by atoms with Gasteiger partial charge in [-0.15, -0.1) is 0 Å². The van der Waals surface area contributed by atoms with Crippen LogP contribution in [0.3, 0.4) is 0 Å². The van der Waals surface area contributed by atoms with Gasteiger partial charge in [0, 0.05) is 19.6 Å². The minimum atomic E-state index is 0.950. The molecule has 3 nitrogen and oxygen atoms in total. The third kappa shape index (κ3) is 2.25. The molecule has 0 saturated heterocycles. The molecule has 0 saturated carbocycles. The Bertz CT molecular complexity index is 120. The number of rotatable bonds is 1. The fourth-order valence-corrected chi connectivity index (χ4v) is 0.976. The quantitative estimate of drug-likeness (QED) is 0.552. The number of nitrogens with zero attached hydrogens (tertiary/aromatic N) is 1. The van der Waals surface area contributed by atoms with E-state index in [1.54, 1.807) is 0 Å². The van der Waals surface area contributed by atoms with E-state index in [9.17, 15) is 0 Å². The van der Waals surface area contributed by atoms with Crippen LogP contribution in [0.4, 0.5) is 0 Å². The summed E-state index contributed by atoms with van der Waals surface area (Å²) in [5.74, 6) is 0.972.